The molecule has 0 saturated heterocycles. The molecule has 0 spiro atoms. The summed E-state index contributed by atoms with van der Waals surface area (Å²) in [6, 6.07) is 22.2. The van der Waals surface area contributed by atoms with Gasteiger partial charge in [0.1, 0.15) is 18.8 Å². The maximum atomic E-state index is 11.6. The van der Waals surface area contributed by atoms with E-state index in [1.165, 1.54) is 13.4 Å². The van der Waals surface area contributed by atoms with Gasteiger partial charge in [0, 0.05) is 5.56 Å². The molecule has 0 atom stereocenters. The minimum Gasteiger partial charge on any atom is -0.503 e. The lowest BCUT2D eigenvalue weighted by atomic mass is 10.0. The van der Waals surface area contributed by atoms with Crippen LogP contribution in [0.2, 0.25) is 0 Å². The summed E-state index contributed by atoms with van der Waals surface area (Å²) < 4.78 is 16.3. The minimum absolute atomic E-state index is 0.0418. The van der Waals surface area contributed by atoms with Crippen LogP contribution < -0.4 is 9.47 Å². The van der Waals surface area contributed by atoms with Crippen LogP contribution >= 0.6 is 0 Å². The molecular weight excluding hydrogens is 422 g/mol. The number of nitrogens with zero attached hydrogens (tertiary/aromatic N) is 1. The quantitative estimate of drug-likeness (QED) is 0.195. The first-order valence-electron chi connectivity index (χ1n) is 10.2. The van der Waals surface area contributed by atoms with Crippen molar-refractivity contribution in [3.8, 4) is 11.5 Å². The van der Waals surface area contributed by atoms with E-state index in [1.54, 1.807) is 43.7 Å². The Labute approximate surface area is 192 Å². The molecule has 0 aromatic heterocycles. The van der Waals surface area contributed by atoms with Gasteiger partial charge in [0.2, 0.25) is 0 Å². The van der Waals surface area contributed by atoms with Gasteiger partial charge in [-0.25, -0.2) is 4.79 Å². The van der Waals surface area contributed by atoms with Crippen molar-refractivity contribution < 1.29 is 28.9 Å². The Morgan fingerprint density at radius 1 is 0.939 bits per heavy atom. The topological polar surface area (TPSA) is 86.6 Å². The van der Waals surface area contributed by atoms with E-state index < -0.39 is 5.97 Å². The molecule has 0 aliphatic carbocycles. The van der Waals surface area contributed by atoms with Crippen molar-refractivity contribution in [3.05, 3.63) is 101 Å². The van der Waals surface area contributed by atoms with E-state index in [9.17, 15) is 9.90 Å². The number of aliphatic carboxylic acids is 1. The molecule has 0 fully saturated rings. The highest BCUT2D eigenvalue weighted by atomic mass is 16.6. The second-order valence-electron chi connectivity index (χ2n) is 6.92. The number of carbonyl (C=O) groups is 1. The zero-order valence-corrected chi connectivity index (χ0v) is 18.4. The van der Waals surface area contributed by atoms with Gasteiger partial charge in [0.25, 0.3) is 0 Å². The normalized spacial score (nSPS) is 11.3. The molecule has 0 saturated carbocycles. The highest BCUT2D eigenvalue weighted by Gasteiger charge is 2.16. The minimum atomic E-state index is -1.09. The van der Waals surface area contributed by atoms with E-state index in [1.807, 2.05) is 42.5 Å². The number of ether oxygens (including phenoxy) is 3. The van der Waals surface area contributed by atoms with Crippen molar-refractivity contribution in [1.82, 2.24) is 0 Å². The third-order valence-electron chi connectivity index (χ3n) is 4.69. The Morgan fingerprint density at radius 3 is 2.42 bits per heavy atom. The van der Waals surface area contributed by atoms with Crippen molar-refractivity contribution in [2.45, 2.75) is 13.2 Å². The van der Waals surface area contributed by atoms with Crippen LogP contribution in [-0.4, -0.2) is 31.5 Å². The summed E-state index contributed by atoms with van der Waals surface area (Å²) in [5.74, 6) is -0.0526. The number of methoxy groups -OCH3 is 2. The largest absolute Gasteiger partial charge is 0.503 e. The zero-order chi connectivity index (χ0) is 23.5. The third kappa shape index (κ3) is 6.61. The molecule has 3 aromatic carbocycles. The van der Waals surface area contributed by atoms with Gasteiger partial charge < -0.3 is 24.2 Å². The SMILES string of the molecule is COC=C(C(=O)O)c1ccccc1COc1cc(C=NOCc2ccccc2)ccc1OC. The van der Waals surface area contributed by atoms with Crippen molar-refractivity contribution in [1.29, 1.82) is 0 Å². The summed E-state index contributed by atoms with van der Waals surface area (Å²) in [5.41, 5.74) is 3.03. The summed E-state index contributed by atoms with van der Waals surface area (Å²) >= 11 is 0. The van der Waals surface area contributed by atoms with E-state index in [0.717, 1.165) is 11.1 Å². The lowest BCUT2D eigenvalue weighted by Crippen LogP contribution is -2.06. The Kier molecular flexibility index (Phi) is 8.48. The molecule has 0 aliphatic rings. The van der Waals surface area contributed by atoms with Gasteiger partial charge in [-0.3, -0.25) is 0 Å². The molecule has 0 heterocycles. The van der Waals surface area contributed by atoms with E-state index in [0.29, 0.717) is 29.2 Å². The number of oxime groups is 1. The predicted octanol–water partition coefficient (Wildman–Crippen LogP) is 4.90. The van der Waals surface area contributed by atoms with Crippen LogP contribution in [0.15, 0.2) is 84.2 Å². The van der Waals surface area contributed by atoms with Crippen LogP contribution in [0.1, 0.15) is 22.3 Å². The molecule has 1 N–H and O–H groups in total. The predicted molar refractivity (Wildman–Crippen MR) is 125 cm³/mol. The number of carboxylic acid groups (broad SMARTS) is 1. The zero-order valence-electron chi connectivity index (χ0n) is 18.4. The van der Waals surface area contributed by atoms with Crippen molar-refractivity contribution in [2.75, 3.05) is 14.2 Å². The van der Waals surface area contributed by atoms with Gasteiger partial charge in [0.15, 0.2) is 11.5 Å². The number of benzene rings is 3. The molecular formula is C26H25NO6. The lowest BCUT2D eigenvalue weighted by Gasteiger charge is -2.14. The Hall–Kier alpha value is -4.26. The smallest absolute Gasteiger partial charge is 0.339 e. The maximum absolute atomic E-state index is 11.6. The van der Waals surface area contributed by atoms with E-state index in [4.69, 9.17) is 19.0 Å². The standard InChI is InChI=1S/C26H25NO6/c1-30-18-23(26(28)29)22-11-7-6-10-21(22)17-32-25-14-20(12-13-24(25)31-2)15-27-33-16-19-8-4-3-5-9-19/h3-15,18H,16-17H2,1-2H3,(H,28,29). The molecule has 3 rings (SSSR count). The summed E-state index contributed by atoms with van der Waals surface area (Å²) in [5, 5.41) is 13.5. The average Bonchev–Trinajstić information content (AvgIpc) is 2.84. The van der Waals surface area contributed by atoms with Crippen molar-refractivity contribution in [2.24, 2.45) is 5.16 Å². The molecule has 170 valence electrons. The molecule has 33 heavy (non-hydrogen) atoms. The summed E-state index contributed by atoms with van der Waals surface area (Å²) in [6.07, 6.45) is 2.79. The van der Waals surface area contributed by atoms with Crippen LogP contribution in [0.3, 0.4) is 0 Å². The number of hydrogen-bond donors (Lipinski definition) is 1. The number of carboxylic acids is 1. The average molecular weight is 447 g/mol. The second-order valence-corrected chi connectivity index (χ2v) is 6.92. The van der Waals surface area contributed by atoms with Gasteiger partial charge in [-0.1, -0.05) is 59.8 Å². The Morgan fingerprint density at radius 2 is 1.70 bits per heavy atom. The summed E-state index contributed by atoms with van der Waals surface area (Å²) in [4.78, 5) is 17.0. The van der Waals surface area contributed by atoms with Crippen LogP contribution in [0.5, 0.6) is 11.5 Å². The highest BCUT2D eigenvalue weighted by molar-refractivity contribution is 6.15. The van der Waals surface area contributed by atoms with Crippen LogP contribution in [0.4, 0.5) is 0 Å². The van der Waals surface area contributed by atoms with Crippen LogP contribution in [-0.2, 0) is 27.6 Å². The van der Waals surface area contributed by atoms with Crippen molar-refractivity contribution in [3.63, 3.8) is 0 Å². The highest BCUT2D eigenvalue weighted by Crippen LogP contribution is 2.29. The van der Waals surface area contributed by atoms with Gasteiger partial charge >= 0.3 is 5.97 Å². The molecule has 0 aliphatic heterocycles. The fraction of sp³-hybridized carbons (Fsp3) is 0.154. The van der Waals surface area contributed by atoms with Gasteiger partial charge in [0.05, 0.1) is 26.7 Å². The molecule has 7 nitrogen and oxygen atoms in total. The first kappa shape index (κ1) is 23.4. The van der Waals surface area contributed by atoms with Gasteiger partial charge in [-0.05, 0) is 34.9 Å². The molecule has 0 radical (unpaired) electrons. The third-order valence-corrected chi connectivity index (χ3v) is 4.69. The Balaban J connectivity index is 1.73. The van der Waals surface area contributed by atoms with E-state index >= 15 is 0 Å². The molecule has 0 amide bonds. The van der Waals surface area contributed by atoms with Crippen LogP contribution in [0, 0.1) is 0 Å². The van der Waals surface area contributed by atoms with E-state index in [2.05, 4.69) is 5.16 Å². The fourth-order valence-corrected chi connectivity index (χ4v) is 3.08. The summed E-state index contributed by atoms with van der Waals surface area (Å²) in [7, 11) is 2.96. The first-order chi connectivity index (χ1) is 16.1. The van der Waals surface area contributed by atoms with Gasteiger partial charge in [-0.2, -0.15) is 0 Å². The Bertz CT molecular complexity index is 1120. The van der Waals surface area contributed by atoms with Crippen LogP contribution in [0.25, 0.3) is 5.57 Å². The van der Waals surface area contributed by atoms with Crippen molar-refractivity contribution >= 4 is 17.8 Å². The van der Waals surface area contributed by atoms with E-state index in [-0.39, 0.29) is 12.2 Å². The fourth-order valence-electron chi connectivity index (χ4n) is 3.08. The molecule has 7 heteroatoms. The second kappa shape index (κ2) is 12.0. The number of hydrogen-bond acceptors (Lipinski definition) is 6. The maximum Gasteiger partial charge on any atom is 0.339 e. The molecule has 0 bridgehead atoms. The summed E-state index contributed by atoms with van der Waals surface area (Å²) in [6.45, 7) is 0.501. The molecule has 0 unspecified atom stereocenters. The lowest BCUT2D eigenvalue weighted by molar-refractivity contribution is -0.130. The molecule has 3 aromatic rings. The first-order valence-corrected chi connectivity index (χ1v) is 10.2. The van der Waals surface area contributed by atoms with Gasteiger partial charge in [-0.15, -0.1) is 0 Å². The number of rotatable bonds is 11. The monoisotopic (exact) mass is 447 g/mol.